The maximum atomic E-state index is 11.9. The van der Waals surface area contributed by atoms with Gasteiger partial charge in [0.2, 0.25) is 0 Å². The molecule has 1 aromatic carbocycles. The van der Waals surface area contributed by atoms with Crippen LogP contribution in [0.25, 0.3) is 0 Å². The Hall–Kier alpha value is -2.38. The quantitative estimate of drug-likeness (QED) is 0.469. The van der Waals surface area contributed by atoms with Gasteiger partial charge in [-0.15, -0.1) is 11.3 Å². The molecule has 1 fully saturated rings. The number of nitrogens with one attached hydrogen (secondary N) is 3. The van der Waals surface area contributed by atoms with Crippen molar-refractivity contribution in [1.29, 1.82) is 0 Å². The van der Waals surface area contributed by atoms with Gasteiger partial charge in [0, 0.05) is 36.6 Å². The highest BCUT2D eigenvalue weighted by Gasteiger charge is 2.31. The van der Waals surface area contributed by atoms with Crippen molar-refractivity contribution in [2.24, 2.45) is 10.9 Å². The van der Waals surface area contributed by atoms with Crippen LogP contribution in [0.15, 0.2) is 46.8 Å². The van der Waals surface area contributed by atoms with Crippen molar-refractivity contribution >= 4 is 23.2 Å². The average molecular weight is 428 g/mol. The van der Waals surface area contributed by atoms with Gasteiger partial charge in [-0.25, -0.2) is 4.99 Å². The number of guanidine groups is 1. The number of thiophene rings is 1. The van der Waals surface area contributed by atoms with Gasteiger partial charge in [-0.05, 0) is 68.4 Å². The number of aliphatic imine (C=N–C) groups is 1. The second-order valence-corrected chi connectivity index (χ2v) is 8.68. The standard InChI is InChI=1S/C23H33N5OS/c1-4-25-23(26-15-17-8-5-9-18(14-17)22(29)24-2)27-16-19-10-6-12-28(3)21(19)20-11-7-13-30-20/h5,7-9,11,13-14,19,21H,4,6,10,12,15-16H2,1-3H3,(H,24,29)(H2,25,26,27). The number of piperidine rings is 1. The smallest absolute Gasteiger partial charge is 0.251 e. The van der Waals surface area contributed by atoms with E-state index in [4.69, 9.17) is 4.99 Å². The van der Waals surface area contributed by atoms with Crippen molar-refractivity contribution in [3.05, 3.63) is 57.8 Å². The molecule has 1 aliphatic rings. The van der Waals surface area contributed by atoms with E-state index in [0.717, 1.165) is 31.2 Å². The summed E-state index contributed by atoms with van der Waals surface area (Å²) in [5.41, 5.74) is 1.68. The lowest BCUT2D eigenvalue weighted by Gasteiger charge is -2.39. The molecule has 0 aliphatic carbocycles. The lowest BCUT2D eigenvalue weighted by Crippen LogP contribution is -2.44. The number of nitrogens with zero attached hydrogens (tertiary/aromatic N) is 2. The summed E-state index contributed by atoms with van der Waals surface area (Å²) < 4.78 is 0. The molecule has 1 aliphatic heterocycles. The molecule has 0 bridgehead atoms. The van der Waals surface area contributed by atoms with E-state index >= 15 is 0 Å². The second kappa shape index (κ2) is 11.1. The van der Waals surface area contributed by atoms with E-state index in [9.17, 15) is 4.79 Å². The summed E-state index contributed by atoms with van der Waals surface area (Å²) in [4.78, 5) is 20.5. The Morgan fingerprint density at radius 2 is 2.13 bits per heavy atom. The van der Waals surface area contributed by atoms with Crippen LogP contribution in [0.2, 0.25) is 0 Å². The van der Waals surface area contributed by atoms with Crippen molar-refractivity contribution in [1.82, 2.24) is 20.9 Å². The molecule has 7 heteroatoms. The van der Waals surface area contributed by atoms with E-state index in [1.54, 1.807) is 7.05 Å². The van der Waals surface area contributed by atoms with Crippen LogP contribution in [0.4, 0.5) is 0 Å². The number of carbonyl (C=O) groups excluding carboxylic acids is 1. The predicted molar refractivity (Wildman–Crippen MR) is 125 cm³/mol. The van der Waals surface area contributed by atoms with Gasteiger partial charge < -0.3 is 16.0 Å². The Balaban J connectivity index is 1.65. The Labute approximate surface area is 183 Å². The van der Waals surface area contributed by atoms with Crippen molar-refractivity contribution in [2.45, 2.75) is 32.4 Å². The molecular weight excluding hydrogens is 394 g/mol. The Morgan fingerprint density at radius 3 is 2.87 bits per heavy atom. The van der Waals surface area contributed by atoms with E-state index in [2.05, 4.69) is 52.3 Å². The molecule has 2 unspecified atom stereocenters. The van der Waals surface area contributed by atoms with E-state index in [0.29, 0.717) is 24.1 Å². The minimum absolute atomic E-state index is 0.0769. The van der Waals surface area contributed by atoms with Crippen molar-refractivity contribution < 1.29 is 4.79 Å². The first-order valence-corrected chi connectivity index (χ1v) is 11.6. The van der Waals surface area contributed by atoms with E-state index in [-0.39, 0.29) is 5.91 Å². The molecule has 3 rings (SSSR count). The number of rotatable bonds is 7. The summed E-state index contributed by atoms with van der Waals surface area (Å²) in [6.45, 7) is 5.44. The molecule has 3 N–H and O–H groups in total. The third kappa shape index (κ3) is 5.83. The van der Waals surface area contributed by atoms with Crippen LogP contribution in [-0.2, 0) is 6.54 Å². The molecule has 1 saturated heterocycles. The fourth-order valence-corrected chi connectivity index (χ4v) is 5.06. The highest BCUT2D eigenvalue weighted by atomic mass is 32.1. The van der Waals surface area contributed by atoms with Crippen LogP contribution < -0.4 is 16.0 Å². The van der Waals surface area contributed by atoms with Crippen LogP contribution >= 0.6 is 11.3 Å². The average Bonchev–Trinajstić information content (AvgIpc) is 3.29. The van der Waals surface area contributed by atoms with Crippen molar-refractivity contribution in [3.63, 3.8) is 0 Å². The summed E-state index contributed by atoms with van der Waals surface area (Å²) >= 11 is 1.85. The van der Waals surface area contributed by atoms with Crippen LogP contribution in [0.1, 0.15) is 46.6 Å². The summed E-state index contributed by atoms with van der Waals surface area (Å²) in [6, 6.07) is 12.5. The Kier molecular flexibility index (Phi) is 8.28. The molecular formula is C23H33N5OS. The predicted octanol–water partition coefficient (Wildman–Crippen LogP) is 3.25. The second-order valence-electron chi connectivity index (χ2n) is 7.70. The van der Waals surface area contributed by atoms with Crippen LogP contribution in [0.5, 0.6) is 0 Å². The van der Waals surface area contributed by atoms with Gasteiger partial charge in [0.25, 0.3) is 5.91 Å². The third-order valence-corrected chi connectivity index (χ3v) is 6.50. The van der Waals surface area contributed by atoms with Crippen LogP contribution in [0, 0.1) is 5.92 Å². The molecule has 0 radical (unpaired) electrons. The number of amides is 1. The zero-order chi connectivity index (χ0) is 21.3. The number of likely N-dealkylation sites (tertiary alicyclic amines) is 1. The SMILES string of the molecule is CCNC(=NCc1cccc(C(=O)NC)c1)NCC1CCCN(C)C1c1cccs1. The zero-order valence-corrected chi connectivity index (χ0v) is 19.0. The minimum atomic E-state index is -0.0769. The number of hydrogen-bond donors (Lipinski definition) is 3. The third-order valence-electron chi connectivity index (χ3n) is 5.55. The van der Waals surface area contributed by atoms with Gasteiger partial charge in [-0.1, -0.05) is 18.2 Å². The molecule has 2 aromatic rings. The van der Waals surface area contributed by atoms with E-state index in [1.807, 2.05) is 35.6 Å². The van der Waals surface area contributed by atoms with Crippen LogP contribution in [-0.4, -0.2) is 50.5 Å². The Morgan fingerprint density at radius 1 is 1.27 bits per heavy atom. The highest BCUT2D eigenvalue weighted by molar-refractivity contribution is 7.10. The molecule has 1 aromatic heterocycles. The van der Waals surface area contributed by atoms with Gasteiger partial charge >= 0.3 is 0 Å². The summed E-state index contributed by atoms with van der Waals surface area (Å²) in [6.07, 6.45) is 2.44. The molecule has 2 atom stereocenters. The molecule has 6 nitrogen and oxygen atoms in total. The largest absolute Gasteiger partial charge is 0.357 e. The highest BCUT2D eigenvalue weighted by Crippen LogP contribution is 2.36. The summed E-state index contributed by atoms with van der Waals surface area (Å²) in [5.74, 6) is 1.29. The first-order valence-electron chi connectivity index (χ1n) is 10.7. The van der Waals surface area contributed by atoms with Crippen molar-refractivity contribution in [2.75, 3.05) is 33.7 Å². The molecule has 0 spiro atoms. The van der Waals surface area contributed by atoms with E-state index in [1.165, 1.54) is 17.7 Å². The lowest BCUT2D eigenvalue weighted by atomic mass is 9.88. The number of benzene rings is 1. The fraction of sp³-hybridized carbons (Fsp3) is 0.478. The van der Waals surface area contributed by atoms with Gasteiger partial charge in [0.1, 0.15) is 0 Å². The summed E-state index contributed by atoms with van der Waals surface area (Å²) in [7, 11) is 3.88. The molecule has 162 valence electrons. The lowest BCUT2D eigenvalue weighted by molar-refractivity contribution is 0.0963. The first kappa shape index (κ1) is 22.3. The van der Waals surface area contributed by atoms with Crippen LogP contribution in [0.3, 0.4) is 0 Å². The zero-order valence-electron chi connectivity index (χ0n) is 18.1. The maximum Gasteiger partial charge on any atom is 0.251 e. The molecule has 0 saturated carbocycles. The molecule has 2 heterocycles. The van der Waals surface area contributed by atoms with Gasteiger partial charge in [-0.3, -0.25) is 9.69 Å². The monoisotopic (exact) mass is 427 g/mol. The van der Waals surface area contributed by atoms with Gasteiger partial charge in [0.15, 0.2) is 5.96 Å². The maximum absolute atomic E-state index is 11.9. The normalized spacial score (nSPS) is 20.0. The summed E-state index contributed by atoms with van der Waals surface area (Å²) in [5, 5.41) is 11.7. The van der Waals surface area contributed by atoms with Crippen molar-refractivity contribution in [3.8, 4) is 0 Å². The fourth-order valence-electron chi connectivity index (χ4n) is 4.08. The van der Waals surface area contributed by atoms with E-state index < -0.39 is 0 Å². The molecule has 1 amide bonds. The first-order chi connectivity index (χ1) is 14.6. The Bertz CT molecular complexity index is 836. The number of hydrogen-bond acceptors (Lipinski definition) is 4. The minimum Gasteiger partial charge on any atom is -0.357 e. The number of carbonyl (C=O) groups is 1. The van der Waals surface area contributed by atoms with Gasteiger partial charge in [0.05, 0.1) is 6.54 Å². The van der Waals surface area contributed by atoms with Gasteiger partial charge in [-0.2, -0.15) is 0 Å². The topological polar surface area (TPSA) is 68.8 Å². The molecule has 30 heavy (non-hydrogen) atoms.